The number of aromatic nitrogens is 2. The van der Waals surface area contributed by atoms with Crippen molar-refractivity contribution in [3.05, 3.63) is 64.5 Å². The third-order valence-electron chi connectivity index (χ3n) is 7.68. The number of nitrogens with one attached hydrogen (secondary N) is 1. The molecule has 3 N–H and O–H groups in total. The second-order valence-electron chi connectivity index (χ2n) is 9.71. The third-order valence-corrected chi connectivity index (χ3v) is 7.68. The summed E-state index contributed by atoms with van der Waals surface area (Å²) >= 11 is 0. The number of carbonyl (C=O) groups is 1. The number of nitrogens with zero attached hydrogens (tertiary/aromatic N) is 3. The monoisotopic (exact) mass is 487 g/mol. The Morgan fingerprint density at radius 2 is 1.78 bits per heavy atom. The predicted octanol–water partition coefficient (Wildman–Crippen LogP) is 5.25. The Labute approximate surface area is 211 Å². The van der Waals surface area contributed by atoms with Gasteiger partial charge in [-0.3, -0.25) is 4.79 Å². The molecule has 1 fully saturated rings. The number of hydrogen-bond donors (Lipinski definition) is 2. The summed E-state index contributed by atoms with van der Waals surface area (Å²) in [5.41, 5.74) is 10.9. The number of carbonyl (C=O) groups excluding carboxylic acids is 1. The molecule has 8 heteroatoms. The van der Waals surface area contributed by atoms with Gasteiger partial charge in [0.1, 0.15) is 29.5 Å². The second kappa shape index (κ2) is 9.33. The Kier molecular flexibility index (Phi) is 6.20. The molecule has 0 radical (unpaired) electrons. The van der Waals surface area contributed by atoms with Gasteiger partial charge in [0.15, 0.2) is 0 Å². The summed E-state index contributed by atoms with van der Waals surface area (Å²) in [6, 6.07) is 9.93. The predicted molar refractivity (Wildman–Crippen MR) is 140 cm³/mol. The summed E-state index contributed by atoms with van der Waals surface area (Å²) in [4.78, 5) is 24.6. The van der Waals surface area contributed by atoms with Crippen molar-refractivity contribution < 1.29 is 14.3 Å². The first kappa shape index (κ1) is 23.9. The van der Waals surface area contributed by atoms with Gasteiger partial charge < -0.3 is 25.4 Å². The molecular formula is C28H33N5O3. The van der Waals surface area contributed by atoms with E-state index in [4.69, 9.17) is 15.2 Å². The Bertz CT molecular complexity index is 1300. The molecule has 0 saturated heterocycles. The molecule has 1 spiro atoms. The maximum absolute atomic E-state index is 14.0. The van der Waals surface area contributed by atoms with Crippen molar-refractivity contribution in [2.45, 2.75) is 58.0 Å². The Morgan fingerprint density at radius 1 is 1.06 bits per heavy atom. The van der Waals surface area contributed by atoms with E-state index < -0.39 is 5.54 Å². The molecule has 3 aromatic rings. The average Bonchev–Trinajstić information content (AvgIpc) is 3.11. The smallest absolute Gasteiger partial charge is 0.255 e. The topological polar surface area (TPSA) is 103 Å². The molecule has 8 nitrogen and oxygen atoms in total. The Hall–Kier alpha value is -3.81. The fourth-order valence-corrected chi connectivity index (χ4v) is 5.80. The minimum atomic E-state index is -0.419. The maximum Gasteiger partial charge on any atom is 0.255 e. The largest absolute Gasteiger partial charge is 0.497 e. The minimum Gasteiger partial charge on any atom is -0.497 e. The summed E-state index contributed by atoms with van der Waals surface area (Å²) in [5, 5.41) is 3.42. The van der Waals surface area contributed by atoms with E-state index in [1.165, 1.54) is 12.7 Å². The van der Waals surface area contributed by atoms with E-state index in [0.29, 0.717) is 23.9 Å². The summed E-state index contributed by atoms with van der Waals surface area (Å²) in [6.45, 7) is 4.41. The van der Waals surface area contributed by atoms with Crippen LogP contribution in [0.4, 0.5) is 17.3 Å². The Balaban J connectivity index is 1.63. The van der Waals surface area contributed by atoms with Crippen molar-refractivity contribution in [1.29, 1.82) is 0 Å². The van der Waals surface area contributed by atoms with Gasteiger partial charge in [-0.1, -0.05) is 31.4 Å². The van der Waals surface area contributed by atoms with Gasteiger partial charge in [-0.2, -0.15) is 0 Å². The molecule has 1 saturated carbocycles. The van der Waals surface area contributed by atoms with E-state index in [9.17, 15) is 4.79 Å². The molecule has 2 aromatic carbocycles. The van der Waals surface area contributed by atoms with E-state index in [2.05, 4.69) is 20.2 Å². The standard InChI is InChI=1S/C28H33N5O3/c1-17-14-21(32-26-18(2)25(29)30-16-31-26)24(36-4)23-22(17)27(34)33(28(23)12-6-5-7-13-28)15-19-8-10-20(35-3)11-9-19/h8-11,14,16H,5-7,12-13,15H2,1-4H3,(H3,29,30,31,32). The number of hydrogen-bond acceptors (Lipinski definition) is 7. The molecule has 188 valence electrons. The highest BCUT2D eigenvalue weighted by molar-refractivity contribution is 6.03. The van der Waals surface area contributed by atoms with Gasteiger partial charge in [0.05, 0.1) is 31.0 Å². The normalized spacial score (nSPS) is 16.2. The lowest BCUT2D eigenvalue weighted by Crippen LogP contribution is -2.44. The van der Waals surface area contributed by atoms with E-state index in [1.54, 1.807) is 14.2 Å². The van der Waals surface area contributed by atoms with Crippen LogP contribution in [0.3, 0.4) is 0 Å². The molecular weight excluding hydrogens is 454 g/mol. The molecule has 0 atom stereocenters. The number of benzene rings is 2. The van der Waals surface area contributed by atoms with Crippen molar-refractivity contribution >= 4 is 23.2 Å². The minimum absolute atomic E-state index is 0.0625. The van der Waals surface area contributed by atoms with Gasteiger partial charge in [0.2, 0.25) is 0 Å². The number of rotatable bonds is 6. The highest BCUT2D eigenvalue weighted by atomic mass is 16.5. The molecule has 1 aliphatic carbocycles. The number of fused-ring (bicyclic) bond motifs is 2. The van der Waals surface area contributed by atoms with Crippen LogP contribution in [-0.4, -0.2) is 35.0 Å². The fourth-order valence-electron chi connectivity index (χ4n) is 5.80. The zero-order valence-electron chi connectivity index (χ0n) is 21.4. The summed E-state index contributed by atoms with van der Waals surface area (Å²) in [5.74, 6) is 2.61. The zero-order valence-corrected chi connectivity index (χ0v) is 21.4. The van der Waals surface area contributed by atoms with Crippen LogP contribution in [0, 0.1) is 13.8 Å². The lowest BCUT2D eigenvalue weighted by atomic mass is 9.75. The first-order valence-corrected chi connectivity index (χ1v) is 12.4. The molecule has 2 heterocycles. The second-order valence-corrected chi connectivity index (χ2v) is 9.71. The molecule has 1 amide bonds. The fraction of sp³-hybridized carbons (Fsp3) is 0.393. The number of nitrogen functional groups attached to an aromatic ring is 1. The van der Waals surface area contributed by atoms with Crippen LogP contribution in [0.1, 0.15) is 64.7 Å². The number of amides is 1. The first-order valence-electron chi connectivity index (χ1n) is 12.4. The average molecular weight is 488 g/mol. The molecule has 1 aliphatic heterocycles. The Morgan fingerprint density at radius 3 is 2.44 bits per heavy atom. The molecule has 0 unspecified atom stereocenters. The van der Waals surface area contributed by atoms with Gasteiger partial charge >= 0.3 is 0 Å². The number of anilines is 3. The van der Waals surface area contributed by atoms with Gasteiger partial charge in [-0.05, 0) is 56.0 Å². The maximum atomic E-state index is 14.0. The van der Waals surface area contributed by atoms with Crippen molar-refractivity contribution in [3.8, 4) is 11.5 Å². The molecule has 0 bridgehead atoms. The highest BCUT2D eigenvalue weighted by Crippen LogP contribution is 2.55. The molecule has 2 aliphatic rings. The van der Waals surface area contributed by atoms with Crippen molar-refractivity contribution in [1.82, 2.24) is 14.9 Å². The number of aryl methyl sites for hydroxylation is 1. The number of nitrogens with two attached hydrogens (primary N) is 1. The highest BCUT2D eigenvalue weighted by Gasteiger charge is 2.52. The molecule has 36 heavy (non-hydrogen) atoms. The lowest BCUT2D eigenvalue weighted by molar-refractivity contribution is 0.0381. The van der Waals surface area contributed by atoms with Gasteiger partial charge in [0.25, 0.3) is 5.91 Å². The molecule has 5 rings (SSSR count). The molecule has 1 aromatic heterocycles. The SMILES string of the molecule is COc1ccc(CN2C(=O)c3c(C)cc(Nc4ncnc(N)c4C)c(OC)c3C23CCCCC3)cc1. The van der Waals surface area contributed by atoms with E-state index in [1.807, 2.05) is 44.2 Å². The van der Waals surface area contributed by atoms with Crippen LogP contribution in [0.25, 0.3) is 0 Å². The number of ether oxygens (including phenoxy) is 2. The summed E-state index contributed by atoms with van der Waals surface area (Å²) in [7, 11) is 3.33. The van der Waals surface area contributed by atoms with Crippen LogP contribution < -0.4 is 20.5 Å². The van der Waals surface area contributed by atoms with E-state index in [0.717, 1.165) is 64.9 Å². The van der Waals surface area contributed by atoms with E-state index in [-0.39, 0.29) is 5.91 Å². The number of methoxy groups -OCH3 is 2. The quantitative estimate of drug-likeness (QED) is 0.489. The van der Waals surface area contributed by atoms with Crippen LogP contribution in [0.5, 0.6) is 11.5 Å². The summed E-state index contributed by atoms with van der Waals surface area (Å²) in [6.07, 6.45) is 6.54. The van der Waals surface area contributed by atoms with Crippen molar-refractivity contribution in [2.75, 3.05) is 25.3 Å². The van der Waals surface area contributed by atoms with Gasteiger partial charge in [-0.15, -0.1) is 0 Å². The van der Waals surface area contributed by atoms with Crippen molar-refractivity contribution in [3.63, 3.8) is 0 Å². The van der Waals surface area contributed by atoms with Gasteiger partial charge in [-0.25, -0.2) is 9.97 Å². The van der Waals surface area contributed by atoms with Crippen LogP contribution in [0.2, 0.25) is 0 Å². The first-order chi connectivity index (χ1) is 17.4. The lowest BCUT2D eigenvalue weighted by Gasteiger charge is -2.43. The summed E-state index contributed by atoms with van der Waals surface area (Å²) < 4.78 is 11.4. The van der Waals surface area contributed by atoms with Crippen LogP contribution in [-0.2, 0) is 12.1 Å². The van der Waals surface area contributed by atoms with E-state index >= 15 is 0 Å². The van der Waals surface area contributed by atoms with Crippen LogP contribution in [0.15, 0.2) is 36.7 Å². The van der Waals surface area contributed by atoms with Gasteiger partial charge in [0, 0.05) is 17.7 Å². The van der Waals surface area contributed by atoms with Crippen LogP contribution >= 0.6 is 0 Å². The van der Waals surface area contributed by atoms with Crippen molar-refractivity contribution in [2.24, 2.45) is 0 Å². The third kappa shape index (κ3) is 3.81. The zero-order chi connectivity index (χ0) is 25.4.